The number of nitrogens with one attached hydrogen (secondary N) is 2. The van der Waals surface area contributed by atoms with Crippen LogP contribution in [-0.4, -0.2) is 34.2 Å². The quantitative estimate of drug-likeness (QED) is 0.680. The highest BCUT2D eigenvalue weighted by molar-refractivity contribution is 6.30. The molecule has 8 heteroatoms. The monoisotopic (exact) mass is 383 g/mol. The second kappa shape index (κ2) is 7.67. The maximum atomic E-state index is 11.8. The molecule has 0 saturated carbocycles. The highest BCUT2D eigenvalue weighted by atomic mass is 35.5. The Morgan fingerprint density at radius 1 is 1.19 bits per heavy atom. The van der Waals surface area contributed by atoms with Gasteiger partial charge in [-0.05, 0) is 29.8 Å². The van der Waals surface area contributed by atoms with E-state index >= 15 is 0 Å². The molecule has 4 rings (SSSR count). The molecule has 27 heavy (non-hydrogen) atoms. The minimum Gasteiger partial charge on any atom is -0.419 e. The number of halogens is 1. The molecule has 0 atom stereocenters. The number of amides is 2. The van der Waals surface area contributed by atoms with Crippen molar-refractivity contribution in [3.05, 3.63) is 65.0 Å². The molecule has 0 spiro atoms. The largest absolute Gasteiger partial charge is 0.419 e. The fourth-order valence-corrected chi connectivity index (χ4v) is 3.12. The van der Waals surface area contributed by atoms with Crippen LogP contribution >= 0.6 is 11.6 Å². The molecule has 0 bridgehead atoms. The van der Waals surface area contributed by atoms with E-state index in [2.05, 4.69) is 20.8 Å². The van der Waals surface area contributed by atoms with E-state index in [0.717, 1.165) is 16.8 Å². The lowest BCUT2D eigenvalue weighted by Crippen LogP contribution is -2.27. The summed E-state index contributed by atoms with van der Waals surface area (Å²) in [5.41, 5.74) is 2.74. The molecule has 0 unspecified atom stereocenters. The fraction of sp³-hybridized carbons (Fsp3) is 0.211. The predicted molar refractivity (Wildman–Crippen MR) is 102 cm³/mol. The van der Waals surface area contributed by atoms with E-state index in [1.807, 2.05) is 36.4 Å². The highest BCUT2D eigenvalue weighted by Crippen LogP contribution is 2.23. The number of carbonyl (C=O) groups is 1. The molecule has 7 nitrogen and oxygen atoms in total. The van der Waals surface area contributed by atoms with E-state index in [1.165, 1.54) is 0 Å². The number of benzene rings is 2. The Labute approximate surface area is 161 Å². The van der Waals surface area contributed by atoms with Gasteiger partial charge in [-0.1, -0.05) is 35.9 Å². The smallest absolute Gasteiger partial charge is 0.317 e. The van der Waals surface area contributed by atoms with Gasteiger partial charge in [0.05, 0.1) is 6.54 Å². The van der Waals surface area contributed by atoms with Crippen LogP contribution < -0.4 is 10.6 Å². The average Bonchev–Trinajstić information content (AvgIpc) is 3.31. The van der Waals surface area contributed by atoms with Gasteiger partial charge in [-0.3, -0.25) is 0 Å². The molecule has 2 heterocycles. The molecule has 1 saturated heterocycles. The number of hydrogen-bond acceptors (Lipinski definition) is 5. The lowest BCUT2D eigenvalue weighted by molar-refractivity contribution is 0.215. The van der Waals surface area contributed by atoms with Crippen molar-refractivity contribution in [3.8, 4) is 11.5 Å². The van der Waals surface area contributed by atoms with E-state index in [-0.39, 0.29) is 6.03 Å². The van der Waals surface area contributed by atoms with Crippen LogP contribution in [0.4, 0.5) is 10.5 Å². The average molecular weight is 384 g/mol. The summed E-state index contributed by atoms with van der Waals surface area (Å²) in [7, 11) is 0. The van der Waals surface area contributed by atoms with Crippen molar-refractivity contribution < 1.29 is 9.21 Å². The molecule has 1 fully saturated rings. The molecule has 0 aliphatic carbocycles. The number of nitrogens with zero attached hydrogens (tertiary/aromatic N) is 3. The van der Waals surface area contributed by atoms with Gasteiger partial charge in [-0.25, -0.2) is 4.79 Å². The molecule has 2 N–H and O–H groups in total. The zero-order chi connectivity index (χ0) is 18.6. The zero-order valence-electron chi connectivity index (χ0n) is 14.5. The summed E-state index contributed by atoms with van der Waals surface area (Å²) in [5.74, 6) is 0.898. The van der Waals surface area contributed by atoms with Crippen LogP contribution in [0.25, 0.3) is 11.5 Å². The number of anilines is 1. The lowest BCUT2D eigenvalue weighted by Gasteiger charge is -2.17. The number of carbonyl (C=O) groups excluding carboxylic acids is 1. The Morgan fingerprint density at radius 3 is 2.89 bits per heavy atom. The van der Waals surface area contributed by atoms with Crippen LogP contribution in [0.2, 0.25) is 5.02 Å². The molecular weight excluding hydrogens is 366 g/mol. The fourth-order valence-electron chi connectivity index (χ4n) is 2.93. The van der Waals surface area contributed by atoms with Gasteiger partial charge in [-0.15, -0.1) is 10.2 Å². The zero-order valence-corrected chi connectivity index (χ0v) is 15.2. The summed E-state index contributed by atoms with van der Waals surface area (Å²) in [6.07, 6.45) is 0. The normalized spacial score (nSPS) is 13.7. The third kappa shape index (κ3) is 4.03. The SMILES string of the molecule is O=C1NCCN1Cc1ccccc1NCc1nnc(-c2cccc(Cl)c2)o1. The van der Waals surface area contributed by atoms with E-state index in [1.54, 1.807) is 17.0 Å². The Balaban J connectivity index is 1.44. The van der Waals surface area contributed by atoms with Crippen molar-refractivity contribution >= 4 is 23.3 Å². The van der Waals surface area contributed by atoms with Crippen LogP contribution in [0.3, 0.4) is 0 Å². The van der Waals surface area contributed by atoms with Crippen molar-refractivity contribution in [2.75, 3.05) is 18.4 Å². The second-order valence-electron chi connectivity index (χ2n) is 6.18. The minimum absolute atomic E-state index is 0.0344. The van der Waals surface area contributed by atoms with Gasteiger partial charge >= 0.3 is 6.03 Å². The van der Waals surface area contributed by atoms with Crippen LogP contribution in [0.15, 0.2) is 52.9 Å². The van der Waals surface area contributed by atoms with Gasteiger partial charge in [0, 0.05) is 35.9 Å². The van der Waals surface area contributed by atoms with E-state index in [0.29, 0.717) is 43.0 Å². The van der Waals surface area contributed by atoms with Gasteiger partial charge in [0.15, 0.2) is 0 Å². The first-order valence-electron chi connectivity index (χ1n) is 8.62. The van der Waals surface area contributed by atoms with E-state index < -0.39 is 0 Å². The summed E-state index contributed by atoms with van der Waals surface area (Å²) in [6, 6.07) is 15.1. The standard InChI is InChI=1S/C19H18ClN5O2/c20-15-6-3-5-13(10-15)18-24-23-17(27-18)11-22-16-7-2-1-4-14(16)12-25-9-8-21-19(25)26/h1-7,10,22H,8-9,11-12H2,(H,21,26). The van der Waals surface area contributed by atoms with Gasteiger partial charge in [0.25, 0.3) is 0 Å². The molecule has 0 radical (unpaired) electrons. The number of rotatable bonds is 6. The second-order valence-corrected chi connectivity index (χ2v) is 6.61. The van der Waals surface area contributed by atoms with Gasteiger partial charge in [-0.2, -0.15) is 0 Å². The van der Waals surface area contributed by atoms with Crippen LogP contribution in [0.1, 0.15) is 11.5 Å². The topological polar surface area (TPSA) is 83.3 Å². The molecule has 2 amide bonds. The molecule has 1 aromatic heterocycles. The van der Waals surface area contributed by atoms with Crippen LogP contribution in [-0.2, 0) is 13.1 Å². The van der Waals surface area contributed by atoms with Gasteiger partial charge < -0.3 is 20.0 Å². The maximum Gasteiger partial charge on any atom is 0.317 e. The third-order valence-corrected chi connectivity index (χ3v) is 4.53. The van der Waals surface area contributed by atoms with Crippen molar-refractivity contribution in [2.45, 2.75) is 13.1 Å². The maximum absolute atomic E-state index is 11.8. The van der Waals surface area contributed by atoms with Crippen molar-refractivity contribution in [3.63, 3.8) is 0 Å². The first kappa shape index (κ1) is 17.4. The summed E-state index contributed by atoms with van der Waals surface area (Å²) in [4.78, 5) is 13.6. The summed E-state index contributed by atoms with van der Waals surface area (Å²) < 4.78 is 5.72. The lowest BCUT2D eigenvalue weighted by atomic mass is 10.1. The molecular formula is C19H18ClN5O2. The summed E-state index contributed by atoms with van der Waals surface area (Å²) >= 11 is 6.01. The minimum atomic E-state index is -0.0344. The Morgan fingerprint density at radius 2 is 2.07 bits per heavy atom. The first-order valence-corrected chi connectivity index (χ1v) is 9.00. The van der Waals surface area contributed by atoms with Crippen molar-refractivity contribution in [1.29, 1.82) is 0 Å². The number of hydrogen-bond donors (Lipinski definition) is 2. The van der Waals surface area contributed by atoms with Crippen molar-refractivity contribution in [2.24, 2.45) is 0 Å². The third-order valence-electron chi connectivity index (χ3n) is 4.29. The van der Waals surface area contributed by atoms with E-state index in [9.17, 15) is 4.79 Å². The molecule has 1 aliphatic rings. The number of para-hydroxylation sites is 1. The molecule has 2 aromatic carbocycles. The highest BCUT2D eigenvalue weighted by Gasteiger charge is 2.20. The summed E-state index contributed by atoms with van der Waals surface area (Å²) in [6.45, 7) is 2.33. The number of urea groups is 1. The predicted octanol–water partition coefficient (Wildman–Crippen LogP) is 3.53. The van der Waals surface area contributed by atoms with Crippen molar-refractivity contribution in [1.82, 2.24) is 20.4 Å². The molecule has 3 aromatic rings. The molecule has 1 aliphatic heterocycles. The first-order chi connectivity index (χ1) is 13.2. The van der Waals surface area contributed by atoms with Gasteiger partial charge in [0.2, 0.25) is 11.8 Å². The Hall–Kier alpha value is -3.06. The van der Waals surface area contributed by atoms with Crippen LogP contribution in [0.5, 0.6) is 0 Å². The Kier molecular flexibility index (Phi) is 4.93. The molecule has 138 valence electrons. The summed E-state index contributed by atoms with van der Waals surface area (Å²) in [5, 5.41) is 14.9. The van der Waals surface area contributed by atoms with Crippen LogP contribution in [0, 0.1) is 0 Å². The Bertz CT molecular complexity index is 959. The number of aromatic nitrogens is 2. The van der Waals surface area contributed by atoms with Gasteiger partial charge in [0.1, 0.15) is 0 Å². The van der Waals surface area contributed by atoms with E-state index in [4.69, 9.17) is 16.0 Å².